The van der Waals surface area contributed by atoms with Gasteiger partial charge in [0.25, 0.3) is 0 Å². The molecule has 31 heavy (non-hydrogen) atoms. The molecule has 0 saturated heterocycles. The highest BCUT2D eigenvalue weighted by atomic mass is 32.2. The second kappa shape index (κ2) is 9.66. The van der Waals surface area contributed by atoms with Gasteiger partial charge in [-0.2, -0.15) is 0 Å². The molecule has 0 bridgehead atoms. The number of amides is 1. The number of nitrogens with zero attached hydrogens (tertiary/aromatic N) is 1. The van der Waals surface area contributed by atoms with Gasteiger partial charge in [0, 0.05) is 6.07 Å². The molecule has 0 aliphatic carbocycles. The minimum Gasteiger partial charge on any atom is -0.497 e. The van der Waals surface area contributed by atoms with E-state index in [-0.39, 0.29) is 0 Å². The van der Waals surface area contributed by atoms with Crippen molar-refractivity contribution in [3.63, 3.8) is 0 Å². The molecule has 1 N–H and O–H groups in total. The molecule has 162 valence electrons. The number of methoxy groups -OCH3 is 1. The Labute approximate surface area is 183 Å². The molecule has 1 atom stereocenters. The fraction of sp³-hybridized carbons (Fsp3) is 0.208. The highest BCUT2D eigenvalue weighted by Gasteiger charge is 2.31. The van der Waals surface area contributed by atoms with E-state index in [1.54, 1.807) is 31.2 Å². The number of sulfonamides is 1. The van der Waals surface area contributed by atoms with E-state index < -0.39 is 28.0 Å². The molecule has 0 fully saturated rings. The molecule has 3 rings (SSSR count). The van der Waals surface area contributed by atoms with Crippen molar-refractivity contribution >= 4 is 21.6 Å². The summed E-state index contributed by atoms with van der Waals surface area (Å²) in [7, 11) is -2.23. The first kappa shape index (κ1) is 22.4. The molecule has 0 aliphatic heterocycles. The predicted octanol–water partition coefficient (Wildman–Crippen LogP) is 3.76. The molecule has 0 spiro atoms. The van der Waals surface area contributed by atoms with E-state index >= 15 is 0 Å². The first-order chi connectivity index (χ1) is 14.8. The number of rotatable bonds is 8. The van der Waals surface area contributed by atoms with Crippen molar-refractivity contribution in [3.05, 3.63) is 96.1 Å². The summed E-state index contributed by atoms with van der Waals surface area (Å²) in [6.07, 6.45) is 1.09. The van der Waals surface area contributed by atoms with Gasteiger partial charge in [0.15, 0.2) is 0 Å². The van der Waals surface area contributed by atoms with E-state index in [0.717, 1.165) is 21.7 Å². The lowest BCUT2D eigenvalue weighted by atomic mass is 9.98. The van der Waals surface area contributed by atoms with Gasteiger partial charge in [-0.25, -0.2) is 8.42 Å². The van der Waals surface area contributed by atoms with Crippen LogP contribution >= 0.6 is 0 Å². The van der Waals surface area contributed by atoms with E-state index in [2.05, 4.69) is 5.32 Å². The third kappa shape index (κ3) is 5.44. The fourth-order valence-corrected chi connectivity index (χ4v) is 4.64. The molecule has 0 radical (unpaired) electrons. The maximum atomic E-state index is 13.3. The van der Waals surface area contributed by atoms with Gasteiger partial charge in [-0.05, 0) is 30.2 Å². The van der Waals surface area contributed by atoms with Crippen molar-refractivity contribution in [2.75, 3.05) is 17.7 Å². The van der Waals surface area contributed by atoms with E-state index in [0.29, 0.717) is 11.4 Å². The Kier molecular flexibility index (Phi) is 6.97. The number of carbonyl (C=O) groups is 1. The van der Waals surface area contributed by atoms with Crippen LogP contribution in [0.15, 0.2) is 84.9 Å². The van der Waals surface area contributed by atoms with Crippen molar-refractivity contribution in [3.8, 4) is 5.75 Å². The SMILES string of the molecule is COc1cccc(N([C@H](C)C(=O)NC(c2ccccc2)c2ccccc2)S(C)(=O)=O)c1. The van der Waals surface area contributed by atoms with E-state index in [1.807, 2.05) is 60.7 Å². The Morgan fingerprint density at radius 1 is 0.903 bits per heavy atom. The summed E-state index contributed by atoms with van der Waals surface area (Å²) in [5.41, 5.74) is 2.17. The summed E-state index contributed by atoms with van der Waals surface area (Å²) in [5.74, 6) is 0.0937. The lowest BCUT2D eigenvalue weighted by molar-refractivity contribution is -0.122. The first-order valence-corrected chi connectivity index (χ1v) is 11.7. The molecule has 0 heterocycles. The fourth-order valence-electron chi connectivity index (χ4n) is 3.47. The second-order valence-corrected chi connectivity index (χ2v) is 9.06. The number of hydrogen-bond acceptors (Lipinski definition) is 4. The van der Waals surface area contributed by atoms with Crippen LogP contribution in [0.5, 0.6) is 5.75 Å². The largest absolute Gasteiger partial charge is 0.497 e. The molecule has 3 aromatic carbocycles. The molecule has 0 saturated carbocycles. The summed E-state index contributed by atoms with van der Waals surface area (Å²) >= 11 is 0. The molecular weight excluding hydrogens is 412 g/mol. The van der Waals surface area contributed by atoms with Gasteiger partial charge in [0.2, 0.25) is 15.9 Å². The highest BCUT2D eigenvalue weighted by Crippen LogP contribution is 2.27. The zero-order valence-corrected chi connectivity index (χ0v) is 18.5. The van der Waals surface area contributed by atoms with Crippen molar-refractivity contribution in [2.24, 2.45) is 0 Å². The van der Waals surface area contributed by atoms with Gasteiger partial charge in [-0.1, -0.05) is 66.7 Å². The molecule has 3 aromatic rings. The van der Waals surface area contributed by atoms with Gasteiger partial charge in [-0.3, -0.25) is 9.10 Å². The van der Waals surface area contributed by atoms with E-state index in [9.17, 15) is 13.2 Å². The highest BCUT2D eigenvalue weighted by molar-refractivity contribution is 7.92. The predicted molar refractivity (Wildman–Crippen MR) is 123 cm³/mol. The third-order valence-corrected chi connectivity index (χ3v) is 6.19. The topological polar surface area (TPSA) is 75.7 Å². The minimum atomic E-state index is -3.74. The molecule has 0 aromatic heterocycles. The summed E-state index contributed by atoms with van der Waals surface area (Å²) in [5, 5.41) is 3.02. The number of benzene rings is 3. The van der Waals surface area contributed by atoms with Crippen molar-refractivity contribution in [1.29, 1.82) is 0 Å². The summed E-state index contributed by atoms with van der Waals surface area (Å²) in [6, 6.07) is 24.4. The Balaban J connectivity index is 1.94. The van der Waals surface area contributed by atoms with Crippen LogP contribution in [0, 0.1) is 0 Å². The van der Waals surface area contributed by atoms with Crippen LogP contribution in [0.4, 0.5) is 5.69 Å². The normalized spacial score (nSPS) is 12.3. The van der Waals surface area contributed by atoms with Crippen LogP contribution in [0.2, 0.25) is 0 Å². The monoisotopic (exact) mass is 438 g/mol. The molecular formula is C24H26N2O4S. The quantitative estimate of drug-likeness (QED) is 0.581. The summed E-state index contributed by atoms with van der Waals surface area (Å²) < 4.78 is 31.5. The second-order valence-electron chi connectivity index (χ2n) is 7.20. The maximum absolute atomic E-state index is 13.3. The number of hydrogen-bond donors (Lipinski definition) is 1. The molecule has 0 aliphatic rings. The van der Waals surface area contributed by atoms with Gasteiger partial charge >= 0.3 is 0 Å². The van der Waals surface area contributed by atoms with Crippen molar-refractivity contribution < 1.29 is 17.9 Å². The Morgan fingerprint density at radius 2 is 1.45 bits per heavy atom. The standard InChI is InChI=1S/C24H26N2O4S/c1-18(26(31(3,28)29)21-15-10-16-22(17-21)30-2)24(27)25-23(19-11-6-4-7-12-19)20-13-8-5-9-14-20/h4-18,23H,1-3H3,(H,25,27)/t18-/m1/s1. The third-order valence-electron chi connectivity index (χ3n) is 4.95. The molecule has 7 heteroatoms. The summed E-state index contributed by atoms with van der Waals surface area (Å²) in [4.78, 5) is 13.3. The van der Waals surface area contributed by atoms with Crippen molar-refractivity contribution in [1.82, 2.24) is 5.32 Å². The first-order valence-electron chi connectivity index (χ1n) is 9.85. The lowest BCUT2D eigenvalue weighted by Crippen LogP contribution is -2.48. The van der Waals surface area contributed by atoms with Crippen LogP contribution in [0.1, 0.15) is 24.1 Å². The minimum absolute atomic E-state index is 0.362. The zero-order chi connectivity index (χ0) is 22.4. The average molecular weight is 439 g/mol. The maximum Gasteiger partial charge on any atom is 0.244 e. The van der Waals surface area contributed by atoms with Crippen LogP contribution in [-0.2, 0) is 14.8 Å². The Hall–Kier alpha value is -3.32. The number of carbonyl (C=O) groups excluding carboxylic acids is 1. The van der Waals surface area contributed by atoms with E-state index in [4.69, 9.17) is 4.74 Å². The van der Waals surface area contributed by atoms with Crippen LogP contribution in [0.25, 0.3) is 0 Å². The Bertz CT molecular complexity index is 1080. The van der Waals surface area contributed by atoms with Gasteiger partial charge in [0.1, 0.15) is 11.8 Å². The van der Waals surface area contributed by atoms with Crippen LogP contribution in [0.3, 0.4) is 0 Å². The average Bonchev–Trinajstić information content (AvgIpc) is 2.77. The van der Waals surface area contributed by atoms with E-state index in [1.165, 1.54) is 7.11 Å². The van der Waals surface area contributed by atoms with Crippen LogP contribution < -0.4 is 14.4 Å². The smallest absolute Gasteiger partial charge is 0.244 e. The molecule has 0 unspecified atom stereocenters. The molecule has 6 nitrogen and oxygen atoms in total. The number of nitrogens with one attached hydrogen (secondary N) is 1. The van der Waals surface area contributed by atoms with Crippen LogP contribution in [-0.4, -0.2) is 33.7 Å². The van der Waals surface area contributed by atoms with Gasteiger partial charge in [0.05, 0.1) is 25.1 Å². The zero-order valence-electron chi connectivity index (χ0n) is 17.7. The van der Waals surface area contributed by atoms with Gasteiger partial charge < -0.3 is 10.1 Å². The molecule has 1 amide bonds. The summed E-state index contributed by atoms with van der Waals surface area (Å²) in [6.45, 7) is 1.57. The number of ether oxygens (including phenoxy) is 1. The number of anilines is 1. The lowest BCUT2D eigenvalue weighted by Gasteiger charge is -2.30. The van der Waals surface area contributed by atoms with Crippen molar-refractivity contribution in [2.45, 2.75) is 19.0 Å². The Morgan fingerprint density at radius 3 is 1.94 bits per heavy atom. The van der Waals surface area contributed by atoms with Gasteiger partial charge in [-0.15, -0.1) is 0 Å².